The summed E-state index contributed by atoms with van der Waals surface area (Å²) in [4.78, 5) is 22.3. The smallest absolute Gasteiger partial charge is 0.257 e. The molecule has 1 rings (SSSR count). The molecule has 0 saturated heterocycles. The molecule has 98 valence electrons. The zero-order chi connectivity index (χ0) is 13.5. The lowest BCUT2D eigenvalue weighted by Gasteiger charge is -2.11. The van der Waals surface area contributed by atoms with Gasteiger partial charge in [0, 0.05) is 6.54 Å². The maximum atomic E-state index is 11.5. The average molecular weight is 314 g/mol. The fraction of sp³-hybridized carbons (Fsp3) is 0.385. The predicted molar refractivity (Wildman–Crippen MR) is 72.9 cm³/mol. The van der Waals surface area contributed by atoms with E-state index in [-0.39, 0.29) is 12.5 Å². The minimum absolute atomic E-state index is 0.101. The Kier molecular flexibility index (Phi) is 5.85. The number of carbonyl (C=O) groups excluding carboxylic acids is 2. The lowest BCUT2D eigenvalue weighted by atomic mass is 10.2. The van der Waals surface area contributed by atoms with E-state index in [1.807, 2.05) is 13.8 Å². The van der Waals surface area contributed by atoms with Gasteiger partial charge in [-0.15, -0.1) is 0 Å². The number of amides is 1. The van der Waals surface area contributed by atoms with E-state index in [9.17, 15) is 9.59 Å². The van der Waals surface area contributed by atoms with E-state index < -0.39 is 0 Å². The molecule has 1 aromatic rings. The fourth-order valence-corrected chi connectivity index (χ4v) is 1.77. The second kappa shape index (κ2) is 7.16. The Labute approximate surface area is 115 Å². The van der Waals surface area contributed by atoms with Crippen molar-refractivity contribution < 1.29 is 14.3 Å². The van der Waals surface area contributed by atoms with Gasteiger partial charge in [0.25, 0.3) is 5.91 Å². The number of aldehydes is 1. The Bertz CT molecular complexity index is 432. The first kappa shape index (κ1) is 14.7. The van der Waals surface area contributed by atoms with Gasteiger partial charge in [-0.1, -0.05) is 19.9 Å². The highest BCUT2D eigenvalue weighted by Crippen LogP contribution is 2.27. The minimum atomic E-state index is -0.198. The Morgan fingerprint density at radius 3 is 2.83 bits per heavy atom. The molecule has 0 spiro atoms. The van der Waals surface area contributed by atoms with Gasteiger partial charge in [-0.05, 0) is 34.0 Å². The molecule has 0 aliphatic heterocycles. The summed E-state index contributed by atoms with van der Waals surface area (Å²) in [6.45, 7) is 4.54. The number of para-hydroxylation sites is 1. The number of halogens is 1. The monoisotopic (exact) mass is 313 g/mol. The van der Waals surface area contributed by atoms with Crippen LogP contribution in [0.25, 0.3) is 0 Å². The van der Waals surface area contributed by atoms with Gasteiger partial charge in [0.2, 0.25) is 0 Å². The normalized spacial score (nSPS) is 10.2. The SMILES string of the molecule is CC(C)CNC(=O)COc1c(Br)cccc1C=O. The first-order valence-corrected chi connectivity index (χ1v) is 6.47. The van der Waals surface area contributed by atoms with Gasteiger partial charge in [-0.2, -0.15) is 0 Å². The van der Waals surface area contributed by atoms with Crippen molar-refractivity contribution in [1.82, 2.24) is 5.32 Å². The quantitative estimate of drug-likeness (QED) is 0.821. The van der Waals surface area contributed by atoms with Crippen molar-refractivity contribution in [2.45, 2.75) is 13.8 Å². The molecule has 0 aromatic heterocycles. The molecule has 1 aromatic carbocycles. The number of hydrogen-bond acceptors (Lipinski definition) is 3. The summed E-state index contributed by atoms with van der Waals surface area (Å²) in [5.41, 5.74) is 0.418. The fourth-order valence-electron chi connectivity index (χ4n) is 1.28. The molecular formula is C13H16BrNO3. The van der Waals surface area contributed by atoms with E-state index in [1.165, 1.54) is 0 Å². The van der Waals surface area contributed by atoms with E-state index in [2.05, 4.69) is 21.2 Å². The third kappa shape index (κ3) is 4.49. The Balaban J connectivity index is 2.58. The van der Waals surface area contributed by atoms with Crippen molar-refractivity contribution in [3.05, 3.63) is 28.2 Å². The molecule has 0 unspecified atom stereocenters. The Morgan fingerprint density at radius 2 is 2.22 bits per heavy atom. The minimum Gasteiger partial charge on any atom is -0.482 e. The third-order valence-electron chi connectivity index (χ3n) is 2.18. The number of carbonyl (C=O) groups is 2. The molecule has 1 N–H and O–H groups in total. The molecule has 0 fully saturated rings. The van der Waals surface area contributed by atoms with Crippen LogP contribution in [0, 0.1) is 5.92 Å². The van der Waals surface area contributed by atoms with Gasteiger partial charge in [0.05, 0.1) is 10.0 Å². The topological polar surface area (TPSA) is 55.4 Å². The molecule has 0 heterocycles. The summed E-state index contributed by atoms with van der Waals surface area (Å²) >= 11 is 3.28. The molecule has 0 saturated carbocycles. The largest absolute Gasteiger partial charge is 0.482 e. The molecule has 5 heteroatoms. The van der Waals surface area contributed by atoms with Crippen LogP contribution in [0.5, 0.6) is 5.75 Å². The van der Waals surface area contributed by atoms with Crippen molar-refractivity contribution in [3.8, 4) is 5.75 Å². The lowest BCUT2D eigenvalue weighted by Crippen LogP contribution is -2.31. The molecule has 4 nitrogen and oxygen atoms in total. The van der Waals surface area contributed by atoms with E-state index >= 15 is 0 Å². The van der Waals surface area contributed by atoms with Crippen LogP contribution in [0.3, 0.4) is 0 Å². The van der Waals surface area contributed by atoms with Crippen molar-refractivity contribution in [2.75, 3.05) is 13.2 Å². The van der Waals surface area contributed by atoms with Crippen LogP contribution >= 0.6 is 15.9 Å². The summed E-state index contributed by atoms with van der Waals surface area (Å²) in [6.07, 6.45) is 0.701. The summed E-state index contributed by atoms with van der Waals surface area (Å²) < 4.78 is 6.02. The van der Waals surface area contributed by atoms with Crippen LogP contribution in [0.4, 0.5) is 0 Å². The van der Waals surface area contributed by atoms with Crippen LogP contribution in [0.15, 0.2) is 22.7 Å². The maximum Gasteiger partial charge on any atom is 0.257 e. The standard InChI is InChI=1S/C13H16BrNO3/c1-9(2)6-15-12(17)8-18-13-10(7-16)4-3-5-11(13)14/h3-5,7,9H,6,8H2,1-2H3,(H,15,17). The van der Waals surface area contributed by atoms with Gasteiger partial charge < -0.3 is 10.1 Å². The molecule has 18 heavy (non-hydrogen) atoms. The van der Waals surface area contributed by atoms with Crippen LogP contribution in [-0.4, -0.2) is 25.3 Å². The Morgan fingerprint density at radius 1 is 1.50 bits per heavy atom. The second-order valence-corrected chi connectivity index (χ2v) is 5.12. The highest BCUT2D eigenvalue weighted by molar-refractivity contribution is 9.10. The summed E-state index contributed by atoms with van der Waals surface area (Å²) in [6, 6.07) is 5.13. The molecular weight excluding hydrogens is 298 g/mol. The van der Waals surface area contributed by atoms with Crippen LogP contribution in [0.2, 0.25) is 0 Å². The summed E-state index contributed by atoms with van der Waals surface area (Å²) in [5.74, 6) is 0.589. The number of nitrogens with one attached hydrogen (secondary N) is 1. The first-order valence-electron chi connectivity index (χ1n) is 5.67. The van der Waals surface area contributed by atoms with Gasteiger partial charge >= 0.3 is 0 Å². The average Bonchev–Trinajstić information content (AvgIpc) is 2.34. The highest BCUT2D eigenvalue weighted by atomic mass is 79.9. The van der Waals surface area contributed by atoms with Crippen molar-refractivity contribution in [3.63, 3.8) is 0 Å². The molecule has 0 aliphatic rings. The van der Waals surface area contributed by atoms with Gasteiger partial charge in [-0.25, -0.2) is 0 Å². The zero-order valence-electron chi connectivity index (χ0n) is 10.4. The molecule has 0 aliphatic carbocycles. The van der Waals surface area contributed by atoms with Crippen molar-refractivity contribution in [1.29, 1.82) is 0 Å². The van der Waals surface area contributed by atoms with Crippen molar-refractivity contribution >= 4 is 28.1 Å². The van der Waals surface area contributed by atoms with Gasteiger partial charge in [0.15, 0.2) is 12.9 Å². The zero-order valence-corrected chi connectivity index (χ0v) is 12.0. The molecule has 0 bridgehead atoms. The first-order chi connectivity index (χ1) is 8.54. The number of benzene rings is 1. The molecule has 1 amide bonds. The Hall–Kier alpha value is -1.36. The van der Waals surface area contributed by atoms with E-state index in [1.54, 1.807) is 18.2 Å². The van der Waals surface area contributed by atoms with Crippen molar-refractivity contribution in [2.24, 2.45) is 5.92 Å². The summed E-state index contributed by atoms with van der Waals surface area (Å²) in [7, 11) is 0. The maximum absolute atomic E-state index is 11.5. The number of ether oxygens (including phenoxy) is 1. The van der Waals surface area contributed by atoms with Crippen LogP contribution < -0.4 is 10.1 Å². The number of rotatable bonds is 6. The van der Waals surface area contributed by atoms with Gasteiger partial charge in [-0.3, -0.25) is 9.59 Å². The highest BCUT2D eigenvalue weighted by Gasteiger charge is 2.10. The van der Waals surface area contributed by atoms with Crippen LogP contribution in [-0.2, 0) is 4.79 Å². The van der Waals surface area contributed by atoms with E-state index in [0.717, 1.165) is 0 Å². The molecule has 0 atom stereocenters. The predicted octanol–water partition coefficient (Wildman–Crippen LogP) is 2.41. The van der Waals surface area contributed by atoms with Gasteiger partial charge in [0.1, 0.15) is 5.75 Å². The van der Waals surface area contributed by atoms with E-state index in [4.69, 9.17) is 4.74 Å². The van der Waals surface area contributed by atoms with Crippen LogP contribution in [0.1, 0.15) is 24.2 Å². The number of hydrogen-bond donors (Lipinski definition) is 1. The molecule has 0 radical (unpaired) electrons. The van der Waals surface area contributed by atoms with E-state index in [0.29, 0.717) is 34.5 Å². The third-order valence-corrected chi connectivity index (χ3v) is 2.80. The second-order valence-electron chi connectivity index (χ2n) is 4.26. The lowest BCUT2D eigenvalue weighted by molar-refractivity contribution is -0.123. The summed E-state index contributed by atoms with van der Waals surface area (Å²) in [5, 5.41) is 2.74.